The van der Waals surface area contributed by atoms with Gasteiger partial charge in [-0.3, -0.25) is 0 Å². The fraction of sp³-hybridized carbons (Fsp3) is 0.385. The largest absolute Gasteiger partial charge is 0.481 e. The molecule has 98 valence electrons. The van der Waals surface area contributed by atoms with E-state index in [4.69, 9.17) is 4.74 Å². The first-order chi connectivity index (χ1) is 8.71. The Kier molecular flexibility index (Phi) is 5.70. The lowest BCUT2D eigenvalue weighted by atomic mass is 10.2. The second-order valence-electron chi connectivity index (χ2n) is 3.54. The van der Waals surface area contributed by atoms with Gasteiger partial charge in [0.25, 0.3) is 0 Å². The number of hydrogen-bond acceptors (Lipinski definition) is 5. The minimum absolute atomic E-state index is 0.285. The molecule has 0 saturated heterocycles. The van der Waals surface area contributed by atoms with Crippen LogP contribution < -0.4 is 10.1 Å². The van der Waals surface area contributed by atoms with Crippen molar-refractivity contribution in [1.82, 2.24) is 4.98 Å². The van der Waals surface area contributed by atoms with Gasteiger partial charge in [0.2, 0.25) is 5.88 Å². The normalized spacial score (nSPS) is 10.9. The van der Waals surface area contributed by atoms with Crippen molar-refractivity contribution in [3.8, 4) is 5.88 Å². The van der Waals surface area contributed by atoms with Crippen molar-refractivity contribution in [3.63, 3.8) is 0 Å². The number of methoxy groups -OCH3 is 2. The molecule has 0 aliphatic carbocycles. The Hall–Kier alpha value is -2.04. The number of esters is 1. The first-order valence-electron chi connectivity index (χ1n) is 5.72. The number of hydrogen-bond donors (Lipinski definition) is 1. The quantitative estimate of drug-likeness (QED) is 0.618. The smallest absolute Gasteiger partial charge is 0.333 e. The first kappa shape index (κ1) is 14.0. The number of nitrogens with one attached hydrogen (secondary N) is 1. The van der Waals surface area contributed by atoms with Crippen LogP contribution in [0.15, 0.2) is 30.0 Å². The van der Waals surface area contributed by atoms with E-state index in [0.717, 1.165) is 5.69 Å². The minimum Gasteiger partial charge on any atom is -0.481 e. The minimum atomic E-state index is -0.285. The number of anilines is 1. The molecule has 1 aromatic heterocycles. The standard InChI is InChI=1S/C13H18N2O3/c1-4-10(13(16)18-3)7-8-14-11-5-6-12(17-2)15-9-11/h5-7,9,14H,4,8H2,1-3H3/b10-7-. The van der Waals surface area contributed by atoms with Gasteiger partial charge in [-0.25, -0.2) is 9.78 Å². The van der Waals surface area contributed by atoms with Gasteiger partial charge in [0.05, 0.1) is 26.1 Å². The predicted octanol–water partition coefficient (Wildman–Crippen LogP) is 2.01. The lowest BCUT2D eigenvalue weighted by Crippen LogP contribution is -2.07. The lowest BCUT2D eigenvalue weighted by Gasteiger charge is -2.05. The molecule has 0 aliphatic rings. The molecule has 1 N–H and O–H groups in total. The third-order valence-electron chi connectivity index (χ3n) is 2.43. The van der Waals surface area contributed by atoms with Gasteiger partial charge < -0.3 is 14.8 Å². The van der Waals surface area contributed by atoms with Crippen molar-refractivity contribution in [2.75, 3.05) is 26.1 Å². The molecule has 0 radical (unpaired) electrons. The number of rotatable bonds is 6. The number of carbonyl (C=O) groups excluding carboxylic acids is 1. The van der Waals surface area contributed by atoms with E-state index in [9.17, 15) is 4.79 Å². The van der Waals surface area contributed by atoms with Crippen molar-refractivity contribution < 1.29 is 14.3 Å². The summed E-state index contributed by atoms with van der Waals surface area (Å²) in [6.07, 6.45) is 4.14. The van der Waals surface area contributed by atoms with Crippen molar-refractivity contribution in [2.45, 2.75) is 13.3 Å². The van der Waals surface area contributed by atoms with Gasteiger partial charge in [0, 0.05) is 18.2 Å². The van der Waals surface area contributed by atoms with Gasteiger partial charge >= 0.3 is 5.97 Å². The Bertz CT molecular complexity index is 413. The van der Waals surface area contributed by atoms with E-state index in [1.807, 2.05) is 19.1 Å². The van der Waals surface area contributed by atoms with E-state index in [-0.39, 0.29) is 5.97 Å². The van der Waals surface area contributed by atoms with E-state index in [1.165, 1.54) is 7.11 Å². The number of aromatic nitrogens is 1. The third-order valence-corrected chi connectivity index (χ3v) is 2.43. The molecular weight excluding hydrogens is 232 g/mol. The molecule has 5 heteroatoms. The average Bonchev–Trinajstić information content (AvgIpc) is 2.43. The fourth-order valence-electron chi connectivity index (χ4n) is 1.40. The summed E-state index contributed by atoms with van der Waals surface area (Å²) in [6, 6.07) is 3.64. The summed E-state index contributed by atoms with van der Waals surface area (Å²) in [7, 11) is 2.95. The van der Waals surface area contributed by atoms with E-state index in [2.05, 4.69) is 15.0 Å². The zero-order chi connectivity index (χ0) is 13.4. The molecular formula is C13H18N2O3. The second-order valence-corrected chi connectivity index (χ2v) is 3.54. The SMILES string of the molecule is CC/C(=C/CNc1ccc(OC)nc1)C(=O)OC. The van der Waals surface area contributed by atoms with Gasteiger partial charge in [-0.15, -0.1) is 0 Å². The van der Waals surface area contributed by atoms with Crippen LogP contribution in [-0.4, -0.2) is 31.7 Å². The van der Waals surface area contributed by atoms with Crippen LogP contribution in [0, 0.1) is 0 Å². The molecule has 0 fully saturated rings. The zero-order valence-electron chi connectivity index (χ0n) is 10.9. The Balaban J connectivity index is 2.53. The van der Waals surface area contributed by atoms with Gasteiger partial charge in [0.1, 0.15) is 0 Å². The fourth-order valence-corrected chi connectivity index (χ4v) is 1.40. The molecule has 0 spiro atoms. The number of nitrogens with zero attached hydrogens (tertiary/aromatic N) is 1. The molecule has 1 aromatic rings. The zero-order valence-corrected chi connectivity index (χ0v) is 10.9. The monoisotopic (exact) mass is 250 g/mol. The summed E-state index contributed by atoms with van der Waals surface area (Å²) in [4.78, 5) is 15.4. The molecule has 0 aromatic carbocycles. The molecule has 0 unspecified atom stereocenters. The summed E-state index contributed by atoms with van der Waals surface area (Å²) in [5, 5.41) is 3.14. The molecule has 0 saturated carbocycles. The Morgan fingerprint density at radius 3 is 2.72 bits per heavy atom. The molecule has 1 rings (SSSR count). The summed E-state index contributed by atoms with van der Waals surface area (Å²) in [6.45, 7) is 2.46. The molecule has 18 heavy (non-hydrogen) atoms. The van der Waals surface area contributed by atoms with E-state index in [0.29, 0.717) is 24.4 Å². The third kappa shape index (κ3) is 4.08. The van der Waals surface area contributed by atoms with Crippen molar-refractivity contribution in [1.29, 1.82) is 0 Å². The number of ether oxygens (including phenoxy) is 2. The van der Waals surface area contributed by atoms with Crippen LogP contribution in [0.1, 0.15) is 13.3 Å². The van der Waals surface area contributed by atoms with Crippen LogP contribution in [0.2, 0.25) is 0 Å². The van der Waals surface area contributed by atoms with Crippen LogP contribution in [0.5, 0.6) is 5.88 Å². The van der Waals surface area contributed by atoms with Crippen molar-refractivity contribution >= 4 is 11.7 Å². The maximum atomic E-state index is 11.3. The number of carbonyl (C=O) groups is 1. The van der Waals surface area contributed by atoms with E-state index >= 15 is 0 Å². The van der Waals surface area contributed by atoms with E-state index < -0.39 is 0 Å². The topological polar surface area (TPSA) is 60.5 Å². The highest BCUT2D eigenvalue weighted by Crippen LogP contribution is 2.11. The average molecular weight is 250 g/mol. The number of pyridine rings is 1. The molecule has 0 bridgehead atoms. The summed E-state index contributed by atoms with van der Waals surface area (Å²) < 4.78 is 9.64. The lowest BCUT2D eigenvalue weighted by molar-refractivity contribution is -0.136. The van der Waals surface area contributed by atoms with Crippen LogP contribution >= 0.6 is 0 Å². The Morgan fingerprint density at radius 1 is 1.44 bits per heavy atom. The Morgan fingerprint density at radius 2 is 2.22 bits per heavy atom. The van der Waals surface area contributed by atoms with Crippen molar-refractivity contribution in [2.24, 2.45) is 0 Å². The van der Waals surface area contributed by atoms with Crippen LogP contribution in [-0.2, 0) is 9.53 Å². The highest BCUT2D eigenvalue weighted by atomic mass is 16.5. The highest BCUT2D eigenvalue weighted by molar-refractivity contribution is 5.88. The molecule has 0 atom stereocenters. The Labute approximate surface area is 107 Å². The molecule has 1 heterocycles. The maximum Gasteiger partial charge on any atom is 0.333 e. The summed E-state index contributed by atoms with van der Waals surface area (Å²) in [5.41, 5.74) is 1.53. The van der Waals surface area contributed by atoms with Crippen LogP contribution in [0.4, 0.5) is 5.69 Å². The maximum absolute atomic E-state index is 11.3. The van der Waals surface area contributed by atoms with Gasteiger partial charge in [-0.05, 0) is 12.5 Å². The molecule has 0 aliphatic heterocycles. The van der Waals surface area contributed by atoms with Crippen molar-refractivity contribution in [3.05, 3.63) is 30.0 Å². The highest BCUT2D eigenvalue weighted by Gasteiger charge is 2.05. The van der Waals surface area contributed by atoms with Gasteiger partial charge in [-0.2, -0.15) is 0 Å². The van der Waals surface area contributed by atoms with Gasteiger partial charge in [-0.1, -0.05) is 13.0 Å². The van der Waals surface area contributed by atoms with Gasteiger partial charge in [0.15, 0.2) is 0 Å². The van der Waals surface area contributed by atoms with Crippen LogP contribution in [0.3, 0.4) is 0 Å². The van der Waals surface area contributed by atoms with Crippen LogP contribution in [0.25, 0.3) is 0 Å². The first-order valence-corrected chi connectivity index (χ1v) is 5.72. The molecule has 0 amide bonds. The molecule has 5 nitrogen and oxygen atoms in total. The second kappa shape index (κ2) is 7.32. The predicted molar refractivity (Wildman–Crippen MR) is 69.7 cm³/mol. The summed E-state index contributed by atoms with van der Waals surface area (Å²) >= 11 is 0. The van der Waals surface area contributed by atoms with E-state index in [1.54, 1.807) is 19.4 Å². The summed E-state index contributed by atoms with van der Waals surface area (Å²) in [5.74, 6) is 0.284.